The second-order valence-electron chi connectivity index (χ2n) is 4.19. The molecule has 0 aliphatic carbocycles. The molecule has 0 N–H and O–H groups in total. The van der Waals surface area contributed by atoms with Crippen molar-refractivity contribution < 1.29 is 28.0 Å². The molecule has 0 bridgehead atoms. The second kappa shape index (κ2) is 11.1. The van der Waals surface area contributed by atoms with Gasteiger partial charge in [0.25, 0.3) is 0 Å². The van der Waals surface area contributed by atoms with Gasteiger partial charge >= 0.3 is 0 Å². The van der Waals surface area contributed by atoms with Crippen LogP contribution in [0.4, 0.5) is 8.78 Å². The van der Waals surface area contributed by atoms with Gasteiger partial charge in [0, 0.05) is 10.0 Å². The van der Waals surface area contributed by atoms with Crippen LogP contribution in [0.3, 0.4) is 0 Å². The zero-order chi connectivity index (χ0) is 18.7. The van der Waals surface area contributed by atoms with Crippen LogP contribution in [0.1, 0.15) is 38.0 Å². The van der Waals surface area contributed by atoms with Crippen molar-refractivity contribution in [2.24, 2.45) is 0 Å². The smallest absolute Gasteiger partial charge is 0.159 e. The van der Waals surface area contributed by atoms with E-state index in [4.69, 9.17) is 4.79 Å². The van der Waals surface area contributed by atoms with Gasteiger partial charge in [0.1, 0.15) is 18.4 Å². The van der Waals surface area contributed by atoms with Gasteiger partial charge in [-0.05, 0) is 37.3 Å². The van der Waals surface area contributed by atoms with Crippen LogP contribution in [0.15, 0.2) is 40.9 Å². The Hall–Kier alpha value is -2.54. The Labute approximate surface area is 145 Å². The van der Waals surface area contributed by atoms with Crippen LogP contribution in [-0.4, -0.2) is 25.1 Å². The second-order valence-corrected chi connectivity index (χ2v) is 5.11. The van der Waals surface area contributed by atoms with Crippen LogP contribution >= 0.6 is 15.9 Å². The van der Waals surface area contributed by atoms with Gasteiger partial charge in [-0.2, -0.15) is 0 Å². The van der Waals surface area contributed by atoms with Crippen molar-refractivity contribution in [2.45, 2.75) is 6.92 Å². The Kier molecular flexibility index (Phi) is 9.90. The van der Waals surface area contributed by atoms with Crippen LogP contribution in [-0.2, 0) is 4.79 Å². The van der Waals surface area contributed by atoms with E-state index in [2.05, 4.69) is 15.9 Å². The molecule has 0 aliphatic heterocycles. The molecular weight excluding hydrogens is 386 g/mol. The highest BCUT2D eigenvalue weighted by Crippen LogP contribution is 2.13. The molecule has 24 heavy (non-hydrogen) atoms. The van der Waals surface area contributed by atoms with Crippen LogP contribution in [0.2, 0.25) is 0 Å². The summed E-state index contributed by atoms with van der Waals surface area (Å²) in [5, 5.41) is 0. The molecule has 0 unspecified atom stereocenters. The van der Waals surface area contributed by atoms with Crippen molar-refractivity contribution in [3.8, 4) is 0 Å². The molecule has 0 saturated carbocycles. The largest absolute Gasteiger partial charge is 0.307 e. The summed E-state index contributed by atoms with van der Waals surface area (Å²) in [6, 6.07) is 8.07. The molecule has 0 aliphatic rings. The third-order valence-electron chi connectivity index (χ3n) is 2.62. The lowest BCUT2D eigenvalue weighted by atomic mass is 10.1. The maximum absolute atomic E-state index is 12.8. The van der Waals surface area contributed by atoms with E-state index >= 15 is 0 Å². The fourth-order valence-corrected chi connectivity index (χ4v) is 1.77. The van der Waals surface area contributed by atoms with Gasteiger partial charge in [-0.1, -0.05) is 22.0 Å². The predicted molar refractivity (Wildman–Crippen MR) is 88.4 cm³/mol. The normalized spacial score (nSPS) is 8.83. The summed E-state index contributed by atoms with van der Waals surface area (Å²) in [6.45, 7) is 3.34. The number of carbonyl (C=O) groups is 4. The van der Waals surface area contributed by atoms with E-state index in [1.807, 2.05) is 6.79 Å². The van der Waals surface area contributed by atoms with Crippen molar-refractivity contribution in [1.82, 2.24) is 0 Å². The minimum absolute atomic E-state index is 0.0278. The maximum Gasteiger partial charge on any atom is 0.159 e. The molecule has 2 rings (SSSR count). The number of hydrogen-bond donors (Lipinski definition) is 0. The monoisotopic (exact) mass is 398 g/mol. The number of ketones is 1. The predicted octanol–water partition coefficient (Wildman–Crippen LogP) is 4.06. The van der Waals surface area contributed by atoms with Crippen molar-refractivity contribution >= 4 is 41.1 Å². The van der Waals surface area contributed by atoms with Crippen LogP contribution in [0.5, 0.6) is 0 Å². The Morgan fingerprint density at radius 3 is 1.79 bits per heavy atom. The van der Waals surface area contributed by atoms with Gasteiger partial charge in [0.2, 0.25) is 0 Å². The molecule has 0 spiro atoms. The molecule has 7 heteroatoms. The quantitative estimate of drug-likeness (QED) is 0.577. The van der Waals surface area contributed by atoms with E-state index < -0.39 is 11.6 Å². The Morgan fingerprint density at radius 1 is 0.958 bits per heavy atom. The van der Waals surface area contributed by atoms with Crippen molar-refractivity contribution in [3.05, 3.63) is 69.2 Å². The van der Waals surface area contributed by atoms with Crippen LogP contribution < -0.4 is 0 Å². The highest BCUT2D eigenvalue weighted by molar-refractivity contribution is 9.10. The lowest BCUT2D eigenvalue weighted by Gasteiger charge is -1.96. The number of halogens is 3. The summed E-state index contributed by atoms with van der Waals surface area (Å²) in [5.41, 5.74) is 0.335. The average molecular weight is 399 g/mol. The SMILES string of the molecule is C=O.CC(=O)c1ccc(C=O)c(F)c1.O=Cc1ccc(Br)cc1F. The summed E-state index contributed by atoms with van der Waals surface area (Å²) >= 11 is 3.07. The molecule has 0 aromatic heterocycles. The highest BCUT2D eigenvalue weighted by atomic mass is 79.9. The number of benzene rings is 2. The summed E-state index contributed by atoms with van der Waals surface area (Å²) in [4.78, 5) is 39.0. The minimum Gasteiger partial charge on any atom is -0.307 e. The Morgan fingerprint density at radius 2 is 1.42 bits per heavy atom. The topological polar surface area (TPSA) is 68.3 Å². The first-order valence-electron chi connectivity index (χ1n) is 6.33. The molecule has 2 aromatic carbocycles. The van der Waals surface area contributed by atoms with E-state index in [1.54, 1.807) is 6.07 Å². The number of rotatable bonds is 3. The molecule has 0 fully saturated rings. The Balaban J connectivity index is 0.000000405. The molecule has 0 saturated heterocycles. The van der Waals surface area contributed by atoms with E-state index in [0.717, 1.165) is 6.07 Å². The zero-order valence-corrected chi connectivity index (χ0v) is 14.2. The number of carbonyl (C=O) groups excluding carboxylic acids is 4. The third kappa shape index (κ3) is 6.70. The van der Waals surface area contributed by atoms with Gasteiger partial charge in [-0.25, -0.2) is 8.78 Å². The van der Waals surface area contributed by atoms with E-state index in [1.165, 1.54) is 31.2 Å². The standard InChI is InChI=1S/C9H7FO2.C7H4BrFO.CH2O/c1-6(12)7-2-3-8(5-11)9(10)4-7;8-6-2-1-5(4-10)7(9)3-6;1-2/h2-5H,1H3;1-4H;1H2. The molecule has 4 nitrogen and oxygen atoms in total. The first-order valence-corrected chi connectivity index (χ1v) is 7.13. The molecule has 0 radical (unpaired) electrons. The minimum atomic E-state index is -0.655. The lowest BCUT2D eigenvalue weighted by molar-refractivity contribution is -0.0980. The molecule has 0 heterocycles. The zero-order valence-electron chi connectivity index (χ0n) is 12.6. The van der Waals surface area contributed by atoms with Crippen molar-refractivity contribution in [1.29, 1.82) is 0 Å². The van der Waals surface area contributed by atoms with E-state index in [0.29, 0.717) is 17.0 Å². The van der Waals surface area contributed by atoms with E-state index in [9.17, 15) is 23.2 Å². The number of hydrogen-bond acceptors (Lipinski definition) is 4. The highest BCUT2D eigenvalue weighted by Gasteiger charge is 2.04. The van der Waals surface area contributed by atoms with Gasteiger partial charge in [0.15, 0.2) is 18.4 Å². The lowest BCUT2D eigenvalue weighted by Crippen LogP contribution is -1.95. The molecule has 0 atom stereocenters. The summed E-state index contributed by atoms with van der Waals surface area (Å²) in [6.07, 6.45) is 0.904. The van der Waals surface area contributed by atoms with Crippen LogP contribution in [0, 0.1) is 11.6 Å². The molecule has 0 amide bonds. The summed E-state index contributed by atoms with van der Waals surface area (Å²) < 4.78 is 26.1. The third-order valence-corrected chi connectivity index (χ3v) is 3.12. The number of Topliss-reactive ketones (excluding diaryl/α,β-unsaturated/α-hetero) is 1. The van der Waals surface area contributed by atoms with Gasteiger partial charge < -0.3 is 4.79 Å². The van der Waals surface area contributed by atoms with Gasteiger partial charge in [-0.3, -0.25) is 14.4 Å². The van der Waals surface area contributed by atoms with Crippen molar-refractivity contribution in [2.75, 3.05) is 0 Å². The molecular formula is C17H13BrF2O4. The first-order chi connectivity index (χ1) is 11.4. The first kappa shape index (κ1) is 21.5. The fourth-order valence-electron chi connectivity index (χ4n) is 1.44. The van der Waals surface area contributed by atoms with Crippen molar-refractivity contribution in [3.63, 3.8) is 0 Å². The van der Waals surface area contributed by atoms with E-state index in [-0.39, 0.29) is 22.5 Å². The van der Waals surface area contributed by atoms with Gasteiger partial charge in [0.05, 0.1) is 11.1 Å². The fraction of sp³-hybridized carbons (Fsp3) is 0.0588. The Bertz CT molecular complexity index is 733. The molecule has 2 aromatic rings. The summed E-state index contributed by atoms with van der Waals surface area (Å²) in [7, 11) is 0. The number of aldehydes is 2. The average Bonchev–Trinajstić information content (AvgIpc) is 2.57. The molecule has 126 valence electrons. The maximum atomic E-state index is 12.8. The summed E-state index contributed by atoms with van der Waals surface area (Å²) in [5.74, 6) is -1.37. The van der Waals surface area contributed by atoms with Crippen LogP contribution in [0.25, 0.3) is 0 Å². The van der Waals surface area contributed by atoms with Gasteiger partial charge in [-0.15, -0.1) is 0 Å².